The molecule has 1 aromatic carbocycles. The molecule has 1 aromatic rings. The van der Waals surface area contributed by atoms with Crippen LogP contribution in [0.4, 0.5) is 5.69 Å². The fraction of sp³-hybridized carbons (Fsp3) is 0.571. The number of hydrogen-bond acceptors (Lipinski definition) is 3. The molecule has 0 bridgehead atoms. The molecule has 0 saturated carbocycles. The average Bonchev–Trinajstić information content (AvgIpc) is 2.36. The van der Waals surface area contributed by atoms with Crippen LogP contribution in [0.2, 0.25) is 5.02 Å². The number of methoxy groups -OCH3 is 1. The lowest BCUT2D eigenvalue weighted by molar-refractivity contribution is 0.206. The van der Waals surface area contributed by atoms with Gasteiger partial charge < -0.3 is 15.4 Å². The molecule has 0 spiro atoms. The number of nitrogens with zero attached hydrogens (tertiary/aromatic N) is 1. The fourth-order valence-electron chi connectivity index (χ4n) is 1.78. The van der Waals surface area contributed by atoms with E-state index in [-0.39, 0.29) is 6.04 Å². The van der Waals surface area contributed by atoms with E-state index in [1.165, 1.54) is 5.56 Å². The van der Waals surface area contributed by atoms with Crippen molar-refractivity contribution in [3.63, 3.8) is 0 Å². The Balaban J connectivity index is 2.72. The minimum atomic E-state index is 0.207. The van der Waals surface area contributed by atoms with Crippen LogP contribution < -0.4 is 10.6 Å². The van der Waals surface area contributed by atoms with Gasteiger partial charge in [0, 0.05) is 26.7 Å². The van der Waals surface area contributed by atoms with Gasteiger partial charge in [0.05, 0.1) is 17.3 Å². The average molecular weight is 271 g/mol. The molecule has 18 heavy (non-hydrogen) atoms. The second kappa shape index (κ2) is 7.62. The summed E-state index contributed by atoms with van der Waals surface area (Å²) in [6, 6.07) is 6.36. The number of halogens is 1. The first kappa shape index (κ1) is 15.3. The standard InChI is InChI=1S/C14H23ClN2O/c1-4-12(16)9-11-5-6-14(13(15)10-11)17(2)7-8-18-3/h5-6,10,12H,4,7-9,16H2,1-3H3. The summed E-state index contributed by atoms with van der Waals surface area (Å²) in [5.74, 6) is 0. The predicted molar refractivity (Wildman–Crippen MR) is 78.6 cm³/mol. The third-order valence-corrected chi connectivity index (χ3v) is 3.38. The summed E-state index contributed by atoms with van der Waals surface area (Å²) in [4.78, 5) is 2.09. The summed E-state index contributed by atoms with van der Waals surface area (Å²) >= 11 is 6.31. The van der Waals surface area contributed by atoms with Crippen molar-refractivity contribution >= 4 is 17.3 Å². The fourth-order valence-corrected chi connectivity index (χ4v) is 2.13. The summed E-state index contributed by atoms with van der Waals surface area (Å²) in [6.07, 6.45) is 1.85. The SMILES string of the molecule is CCC(N)Cc1ccc(N(C)CCOC)c(Cl)c1. The molecule has 0 fully saturated rings. The first-order valence-electron chi connectivity index (χ1n) is 6.32. The number of hydrogen-bond donors (Lipinski definition) is 1. The van der Waals surface area contributed by atoms with Gasteiger partial charge in [-0.2, -0.15) is 0 Å². The van der Waals surface area contributed by atoms with Crippen molar-refractivity contribution in [3.05, 3.63) is 28.8 Å². The van der Waals surface area contributed by atoms with Crippen LogP contribution in [0.15, 0.2) is 18.2 Å². The highest BCUT2D eigenvalue weighted by molar-refractivity contribution is 6.33. The lowest BCUT2D eigenvalue weighted by Gasteiger charge is -2.21. The molecule has 102 valence electrons. The molecule has 1 rings (SSSR count). The number of ether oxygens (including phenoxy) is 1. The molecule has 1 unspecified atom stereocenters. The molecular weight excluding hydrogens is 248 g/mol. The highest BCUT2D eigenvalue weighted by Crippen LogP contribution is 2.26. The van der Waals surface area contributed by atoms with Crippen LogP contribution in [-0.2, 0) is 11.2 Å². The molecule has 3 nitrogen and oxygen atoms in total. The predicted octanol–water partition coefficient (Wildman–Crippen LogP) is 2.70. The molecule has 0 amide bonds. The molecule has 0 aromatic heterocycles. The lowest BCUT2D eigenvalue weighted by Crippen LogP contribution is -2.23. The van der Waals surface area contributed by atoms with Crippen LogP contribution in [0.25, 0.3) is 0 Å². The molecule has 0 aliphatic carbocycles. The van der Waals surface area contributed by atoms with Gasteiger partial charge in [0.15, 0.2) is 0 Å². The third kappa shape index (κ3) is 4.48. The Hall–Kier alpha value is -0.770. The van der Waals surface area contributed by atoms with E-state index in [2.05, 4.69) is 24.0 Å². The Labute approximate surface area is 115 Å². The van der Waals surface area contributed by atoms with E-state index in [4.69, 9.17) is 22.1 Å². The normalized spacial score (nSPS) is 12.5. The van der Waals surface area contributed by atoms with Crippen molar-refractivity contribution in [2.75, 3.05) is 32.2 Å². The maximum Gasteiger partial charge on any atom is 0.0642 e. The Morgan fingerprint density at radius 3 is 2.72 bits per heavy atom. The van der Waals surface area contributed by atoms with Gasteiger partial charge in [-0.1, -0.05) is 24.6 Å². The van der Waals surface area contributed by atoms with Crippen molar-refractivity contribution < 1.29 is 4.74 Å². The van der Waals surface area contributed by atoms with Gasteiger partial charge in [0.25, 0.3) is 0 Å². The van der Waals surface area contributed by atoms with Gasteiger partial charge in [-0.05, 0) is 30.5 Å². The molecule has 0 aliphatic rings. The van der Waals surface area contributed by atoms with Crippen LogP contribution in [0.5, 0.6) is 0 Å². The van der Waals surface area contributed by atoms with E-state index < -0.39 is 0 Å². The minimum Gasteiger partial charge on any atom is -0.383 e. The summed E-state index contributed by atoms with van der Waals surface area (Å²) in [6.45, 7) is 3.61. The first-order valence-corrected chi connectivity index (χ1v) is 6.70. The molecule has 0 saturated heterocycles. The number of likely N-dealkylation sites (N-methyl/N-ethyl adjacent to an activating group) is 1. The van der Waals surface area contributed by atoms with Gasteiger partial charge in [-0.25, -0.2) is 0 Å². The summed E-state index contributed by atoms with van der Waals surface area (Å²) in [5, 5.41) is 0.773. The number of nitrogens with two attached hydrogens (primary N) is 1. The minimum absolute atomic E-state index is 0.207. The molecule has 0 radical (unpaired) electrons. The molecule has 0 heterocycles. The van der Waals surface area contributed by atoms with Gasteiger partial charge in [0.1, 0.15) is 0 Å². The van der Waals surface area contributed by atoms with Crippen LogP contribution in [0, 0.1) is 0 Å². The maximum absolute atomic E-state index is 6.31. The lowest BCUT2D eigenvalue weighted by atomic mass is 10.0. The smallest absolute Gasteiger partial charge is 0.0642 e. The van der Waals surface area contributed by atoms with Gasteiger partial charge in [0.2, 0.25) is 0 Å². The van der Waals surface area contributed by atoms with Crippen molar-refractivity contribution in [2.24, 2.45) is 5.73 Å². The van der Waals surface area contributed by atoms with Crippen LogP contribution in [-0.4, -0.2) is 33.4 Å². The van der Waals surface area contributed by atoms with Crippen LogP contribution in [0.3, 0.4) is 0 Å². The van der Waals surface area contributed by atoms with Crippen LogP contribution in [0.1, 0.15) is 18.9 Å². The van der Waals surface area contributed by atoms with Crippen LogP contribution >= 0.6 is 11.6 Å². The molecule has 2 N–H and O–H groups in total. The third-order valence-electron chi connectivity index (χ3n) is 3.08. The van der Waals surface area contributed by atoms with E-state index in [1.54, 1.807) is 7.11 Å². The second-order valence-electron chi connectivity index (χ2n) is 4.57. The maximum atomic E-state index is 6.31. The topological polar surface area (TPSA) is 38.5 Å². The van der Waals surface area contributed by atoms with E-state index in [1.807, 2.05) is 13.1 Å². The molecule has 0 aliphatic heterocycles. The highest BCUT2D eigenvalue weighted by Gasteiger charge is 2.08. The summed E-state index contributed by atoms with van der Waals surface area (Å²) < 4.78 is 5.06. The Morgan fingerprint density at radius 1 is 1.44 bits per heavy atom. The van der Waals surface area contributed by atoms with E-state index in [9.17, 15) is 0 Å². The Kier molecular flexibility index (Phi) is 6.47. The van der Waals surface area contributed by atoms with E-state index in [0.29, 0.717) is 6.61 Å². The van der Waals surface area contributed by atoms with E-state index >= 15 is 0 Å². The quantitative estimate of drug-likeness (QED) is 0.828. The molecule has 4 heteroatoms. The zero-order valence-corrected chi connectivity index (χ0v) is 12.2. The second-order valence-corrected chi connectivity index (χ2v) is 4.98. The monoisotopic (exact) mass is 270 g/mol. The van der Waals surface area contributed by atoms with Crippen molar-refractivity contribution in [1.29, 1.82) is 0 Å². The number of benzene rings is 1. The first-order chi connectivity index (χ1) is 8.58. The van der Waals surface area contributed by atoms with Gasteiger partial charge >= 0.3 is 0 Å². The van der Waals surface area contributed by atoms with E-state index in [0.717, 1.165) is 30.1 Å². The highest BCUT2D eigenvalue weighted by atomic mass is 35.5. The Morgan fingerprint density at radius 2 is 2.17 bits per heavy atom. The molecular formula is C14H23ClN2O. The zero-order valence-electron chi connectivity index (χ0n) is 11.4. The molecule has 1 atom stereocenters. The van der Waals surface area contributed by atoms with Crippen molar-refractivity contribution in [3.8, 4) is 0 Å². The van der Waals surface area contributed by atoms with Gasteiger partial charge in [-0.15, -0.1) is 0 Å². The van der Waals surface area contributed by atoms with Crippen molar-refractivity contribution in [2.45, 2.75) is 25.8 Å². The van der Waals surface area contributed by atoms with Crippen molar-refractivity contribution in [1.82, 2.24) is 0 Å². The summed E-state index contributed by atoms with van der Waals surface area (Å²) in [7, 11) is 3.71. The van der Waals surface area contributed by atoms with Gasteiger partial charge in [-0.3, -0.25) is 0 Å². The zero-order chi connectivity index (χ0) is 13.5. The largest absolute Gasteiger partial charge is 0.383 e. The Bertz CT molecular complexity index is 371. The number of anilines is 1. The number of rotatable bonds is 7. The summed E-state index contributed by atoms with van der Waals surface area (Å²) in [5.41, 5.74) is 8.17.